The number of halogens is 2. The summed E-state index contributed by atoms with van der Waals surface area (Å²) >= 11 is 0. The third-order valence-electron chi connectivity index (χ3n) is 6.83. The molecule has 4 aromatic rings. The van der Waals surface area contributed by atoms with E-state index in [2.05, 4.69) is 5.32 Å². The number of benzene rings is 4. The molecule has 9 nitrogen and oxygen atoms in total. The van der Waals surface area contributed by atoms with Crippen LogP contribution in [0.2, 0.25) is 0 Å². The average molecular weight is 596 g/mol. The maximum atomic E-state index is 13.4. The molecular weight excluding hydrogens is 568 g/mol. The summed E-state index contributed by atoms with van der Waals surface area (Å²) in [5.74, 6) is 0.364. The lowest BCUT2D eigenvalue weighted by atomic mass is 9.84. The first kappa shape index (κ1) is 29.0. The Balaban J connectivity index is 1.33. The number of aliphatic hydroxyl groups is 1. The minimum absolute atomic E-state index is 0.0796. The van der Waals surface area contributed by atoms with Gasteiger partial charge in [-0.25, -0.2) is 27.1 Å². The van der Waals surface area contributed by atoms with E-state index in [9.17, 15) is 27.1 Å². The lowest BCUT2D eigenvalue weighted by Crippen LogP contribution is -2.46. The molecule has 12 heteroatoms. The molecule has 1 heterocycles. The molecule has 0 unspecified atom stereocenters. The number of sulfonamides is 1. The molecule has 1 aliphatic heterocycles. The van der Waals surface area contributed by atoms with Gasteiger partial charge in [0.15, 0.2) is 0 Å². The second-order valence-electron chi connectivity index (χ2n) is 9.82. The maximum Gasteiger partial charge on any atom is 0.321 e. The lowest BCUT2D eigenvalue weighted by Gasteiger charge is -2.38. The topological polar surface area (TPSA) is 131 Å². The van der Waals surface area contributed by atoms with Gasteiger partial charge in [-0.15, -0.1) is 0 Å². The van der Waals surface area contributed by atoms with Gasteiger partial charge in [-0.3, -0.25) is 0 Å². The minimum atomic E-state index is -3.88. The molecule has 1 fully saturated rings. The van der Waals surface area contributed by atoms with E-state index in [1.54, 1.807) is 35.2 Å². The normalized spacial score (nSPS) is 14.7. The van der Waals surface area contributed by atoms with Crippen LogP contribution >= 0.6 is 0 Å². The highest BCUT2D eigenvalue weighted by atomic mass is 32.2. The zero-order valence-corrected chi connectivity index (χ0v) is 23.0. The van der Waals surface area contributed by atoms with Crippen LogP contribution in [0.3, 0.4) is 0 Å². The van der Waals surface area contributed by atoms with E-state index in [0.717, 1.165) is 0 Å². The van der Waals surface area contributed by atoms with E-state index in [1.807, 2.05) is 0 Å². The number of carbonyl (C=O) groups excluding carboxylic acids is 1. The van der Waals surface area contributed by atoms with E-state index < -0.39 is 33.3 Å². The zero-order valence-electron chi connectivity index (χ0n) is 22.2. The standard InChI is InChI=1S/C30H27F2N3O6S/c31-21-3-1-20(2-4-21)30(37)13-15-35(16-14-30)29(36)34-23-17-26(40-24-7-5-22(32)6-8-24)19-27(18-23)41-25-9-11-28(12-10-25)42(33,38)39/h1-12,17-19,37H,13-16H2,(H,34,36)(H2,33,38,39). The summed E-state index contributed by atoms with van der Waals surface area (Å²) in [5, 5.41) is 19.1. The summed E-state index contributed by atoms with van der Waals surface area (Å²) in [6.45, 7) is 0.510. The Kier molecular flexibility index (Phi) is 8.12. The Morgan fingerprint density at radius 2 is 1.26 bits per heavy atom. The molecule has 42 heavy (non-hydrogen) atoms. The largest absolute Gasteiger partial charge is 0.457 e. The number of hydrogen-bond donors (Lipinski definition) is 3. The van der Waals surface area contributed by atoms with Crippen LogP contribution in [0.15, 0.2) is 95.9 Å². The number of ether oxygens (including phenoxy) is 2. The molecule has 1 saturated heterocycles. The predicted molar refractivity (Wildman–Crippen MR) is 151 cm³/mol. The molecule has 0 saturated carbocycles. The number of likely N-dealkylation sites (tertiary alicyclic amines) is 1. The van der Waals surface area contributed by atoms with Crippen molar-refractivity contribution in [2.24, 2.45) is 5.14 Å². The van der Waals surface area contributed by atoms with Crippen molar-refractivity contribution in [1.29, 1.82) is 0 Å². The third kappa shape index (κ3) is 7.03. The number of nitrogens with zero attached hydrogens (tertiary/aromatic N) is 1. The van der Waals surface area contributed by atoms with Crippen LogP contribution in [-0.2, 0) is 15.6 Å². The molecule has 2 amide bonds. The number of piperidine rings is 1. The number of primary sulfonamides is 1. The van der Waals surface area contributed by atoms with Crippen LogP contribution < -0.4 is 19.9 Å². The molecule has 4 N–H and O–H groups in total. The highest BCUT2D eigenvalue weighted by Crippen LogP contribution is 2.35. The molecular formula is C30H27F2N3O6S. The fourth-order valence-electron chi connectivity index (χ4n) is 4.56. The van der Waals surface area contributed by atoms with Gasteiger partial charge in [-0.05, 0) is 79.1 Å². The monoisotopic (exact) mass is 595 g/mol. The van der Waals surface area contributed by atoms with Gasteiger partial charge in [0.05, 0.1) is 10.5 Å². The van der Waals surface area contributed by atoms with Crippen molar-refractivity contribution in [2.75, 3.05) is 18.4 Å². The summed E-state index contributed by atoms with van der Waals surface area (Å²) in [6.07, 6.45) is 0.533. The summed E-state index contributed by atoms with van der Waals surface area (Å²) in [6, 6.07) is 20.8. The second-order valence-corrected chi connectivity index (χ2v) is 11.4. The van der Waals surface area contributed by atoms with E-state index in [0.29, 0.717) is 22.7 Å². The second kappa shape index (κ2) is 11.8. The molecule has 0 spiro atoms. The van der Waals surface area contributed by atoms with E-state index in [1.165, 1.54) is 60.7 Å². The molecule has 1 aliphatic rings. The molecule has 0 aromatic heterocycles. The number of nitrogens with two attached hydrogens (primary N) is 1. The van der Waals surface area contributed by atoms with E-state index in [4.69, 9.17) is 14.6 Å². The van der Waals surface area contributed by atoms with Gasteiger partial charge in [0, 0.05) is 37.0 Å². The Morgan fingerprint density at radius 1 is 0.786 bits per heavy atom. The summed E-state index contributed by atoms with van der Waals surface area (Å²) < 4.78 is 61.6. The Bertz CT molecular complexity index is 1670. The molecule has 0 atom stereocenters. The van der Waals surface area contributed by atoms with Crippen molar-refractivity contribution >= 4 is 21.7 Å². The third-order valence-corrected chi connectivity index (χ3v) is 7.76. The number of rotatable bonds is 7. The van der Waals surface area contributed by atoms with E-state index in [-0.39, 0.29) is 42.3 Å². The molecule has 4 aromatic carbocycles. The van der Waals surface area contributed by atoms with Crippen LogP contribution in [0.4, 0.5) is 19.3 Å². The van der Waals surface area contributed by atoms with Crippen LogP contribution in [0, 0.1) is 11.6 Å². The number of urea groups is 1. The van der Waals surface area contributed by atoms with Crippen molar-refractivity contribution in [3.63, 3.8) is 0 Å². The smallest absolute Gasteiger partial charge is 0.321 e. The van der Waals surface area contributed by atoms with Crippen LogP contribution in [0.5, 0.6) is 23.0 Å². The summed E-state index contributed by atoms with van der Waals surface area (Å²) in [4.78, 5) is 14.6. The van der Waals surface area contributed by atoms with Gasteiger partial charge in [-0.1, -0.05) is 12.1 Å². The Morgan fingerprint density at radius 3 is 1.76 bits per heavy atom. The minimum Gasteiger partial charge on any atom is -0.457 e. The van der Waals surface area contributed by atoms with Crippen LogP contribution in [-0.4, -0.2) is 37.5 Å². The van der Waals surface area contributed by atoms with Crippen molar-refractivity contribution in [1.82, 2.24) is 4.90 Å². The van der Waals surface area contributed by atoms with Gasteiger partial charge < -0.3 is 24.8 Å². The fourth-order valence-corrected chi connectivity index (χ4v) is 5.08. The van der Waals surface area contributed by atoms with Gasteiger partial charge >= 0.3 is 6.03 Å². The first-order valence-corrected chi connectivity index (χ1v) is 14.5. The maximum absolute atomic E-state index is 13.4. The van der Waals surface area contributed by atoms with Crippen molar-refractivity contribution < 1.29 is 36.6 Å². The van der Waals surface area contributed by atoms with Crippen molar-refractivity contribution in [3.8, 4) is 23.0 Å². The molecule has 0 aliphatic carbocycles. The predicted octanol–water partition coefficient (Wildman–Crippen LogP) is 5.71. The van der Waals surface area contributed by atoms with Crippen LogP contribution in [0.1, 0.15) is 18.4 Å². The molecule has 0 radical (unpaired) electrons. The number of anilines is 1. The summed E-state index contributed by atoms with van der Waals surface area (Å²) in [7, 11) is -3.88. The quantitative estimate of drug-likeness (QED) is 0.251. The highest BCUT2D eigenvalue weighted by molar-refractivity contribution is 7.89. The first-order valence-electron chi connectivity index (χ1n) is 12.9. The molecule has 5 rings (SSSR count). The molecule has 0 bridgehead atoms. The zero-order chi connectivity index (χ0) is 29.9. The van der Waals surface area contributed by atoms with Gasteiger partial charge in [-0.2, -0.15) is 0 Å². The number of carbonyl (C=O) groups is 1. The van der Waals surface area contributed by atoms with Crippen LogP contribution in [0.25, 0.3) is 0 Å². The molecule has 218 valence electrons. The van der Waals surface area contributed by atoms with Gasteiger partial charge in [0.2, 0.25) is 10.0 Å². The Hall–Kier alpha value is -4.52. The van der Waals surface area contributed by atoms with Gasteiger partial charge in [0.25, 0.3) is 0 Å². The van der Waals surface area contributed by atoms with Crippen molar-refractivity contribution in [2.45, 2.75) is 23.3 Å². The van der Waals surface area contributed by atoms with Gasteiger partial charge in [0.1, 0.15) is 34.6 Å². The highest BCUT2D eigenvalue weighted by Gasteiger charge is 2.35. The average Bonchev–Trinajstić information content (AvgIpc) is 2.95. The summed E-state index contributed by atoms with van der Waals surface area (Å²) in [5.41, 5.74) is -0.253. The van der Waals surface area contributed by atoms with Crippen molar-refractivity contribution in [3.05, 3.63) is 108 Å². The SMILES string of the molecule is NS(=O)(=O)c1ccc(Oc2cc(NC(=O)N3CCC(O)(c4ccc(F)cc4)CC3)cc(Oc3ccc(F)cc3)c2)cc1. The first-order chi connectivity index (χ1) is 20.0. The Labute approximate surface area is 241 Å². The fraction of sp³-hybridized carbons (Fsp3) is 0.167. The number of nitrogens with one attached hydrogen (secondary N) is 1. The lowest BCUT2D eigenvalue weighted by molar-refractivity contribution is -0.0157. The van der Waals surface area contributed by atoms with E-state index >= 15 is 0 Å². The number of hydrogen-bond acceptors (Lipinski definition) is 6. The number of amides is 2.